The lowest BCUT2D eigenvalue weighted by Crippen LogP contribution is -2.26. The molecule has 0 bridgehead atoms. The van der Waals surface area contributed by atoms with Crippen LogP contribution in [0.25, 0.3) is 0 Å². The summed E-state index contributed by atoms with van der Waals surface area (Å²) >= 11 is -0.262. The maximum absolute atomic E-state index is 11.9. The largest absolute Gasteiger partial charge is 0.441 e. The van der Waals surface area contributed by atoms with Crippen LogP contribution in [0.2, 0.25) is 0 Å². The highest BCUT2D eigenvalue weighted by molar-refractivity contribution is 8.00. The van der Waals surface area contributed by atoms with Crippen LogP contribution in [0.1, 0.15) is 5.56 Å². The average Bonchev–Trinajstić information content (AvgIpc) is 2.35. The number of sulfonamides is 1. The van der Waals surface area contributed by atoms with Gasteiger partial charge in [0.1, 0.15) is 0 Å². The van der Waals surface area contributed by atoms with E-state index in [1.54, 1.807) is 12.1 Å². The lowest BCUT2D eigenvalue weighted by atomic mass is 10.2. The SMILES string of the molecule is NCCc1ccc(S(=O)(=O)NCCSC(F)(F)F)cc1. The van der Waals surface area contributed by atoms with Gasteiger partial charge in [-0.1, -0.05) is 12.1 Å². The summed E-state index contributed by atoms with van der Waals surface area (Å²) in [5.74, 6) is -0.367. The molecule has 4 nitrogen and oxygen atoms in total. The van der Waals surface area contributed by atoms with Gasteiger partial charge in [-0.2, -0.15) is 13.2 Å². The number of halogens is 3. The molecule has 9 heteroatoms. The summed E-state index contributed by atoms with van der Waals surface area (Å²) in [4.78, 5) is 0.0234. The van der Waals surface area contributed by atoms with E-state index in [1.807, 2.05) is 0 Å². The molecular weight excluding hydrogens is 313 g/mol. The fourth-order valence-corrected chi connectivity index (χ4v) is 3.02. The molecule has 20 heavy (non-hydrogen) atoms. The highest BCUT2D eigenvalue weighted by Gasteiger charge is 2.27. The number of hydrogen-bond acceptors (Lipinski definition) is 4. The van der Waals surface area contributed by atoms with E-state index in [1.165, 1.54) is 12.1 Å². The van der Waals surface area contributed by atoms with E-state index >= 15 is 0 Å². The third kappa shape index (κ3) is 6.12. The summed E-state index contributed by atoms with van der Waals surface area (Å²) < 4.78 is 61.4. The summed E-state index contributed by atoms with van der Waals surface area (Å²) in [7, 11) is -3.77. The van der Waals surface area contributed by atoms with Gasteiger partial charge in [-0.3, -0.25) is 0 Å². The molecule has 1 aromatic rings. The van der Waals surface area contributed by atoms with Crippen LogP contribution in [-0.4, -0.2) is 32.8 Å². The molecule has 0 aromatic heterocycles. The molecule has 0 fully saturated rings. The van der Waals surface area contributed by atoms with Crippen molar-refractivity contribution in [1.82, 2.24) is 4.72 Å². The predicted octanol–water partition coefficient (Wildman–Crippen LogP) is 1.72. The second-order valence-electron chi connectivity index (χ2n) is 3.87. The Hall–Kier alpha value is -0.770. The van der Waals surface area contributed by atoms with Crippen LogP contribution in [0.3, 0.4) is 0 Å². The Morgan fingerprint density at radius 1 is 1.20 bits per heavy atom. The van der Waals surface area contributed by atoms with Crippen LogP contribution in [0, 0.1) is 0 Å². The molecule has 0 spiro atoms. The lowest BCUT2D eigenvalue weighted by Gasteiger charge is -2.08. The van der Waals surface area contributed by atoms with Gasteiger partial charge in [0.15, 0.2) is 0 Å². The molecule has 0 aliphatic heterocycles. The minimum absolute atomic E-state index is 0.0234. The Balaban J connectivity index is 2.56. The summed E-state index contributed by atoms with van der Waals surface area (Å²) in [6.45, 7) is 0.177. The van der Waals surface area contributed by atoms with E-state index in [-0.39, 0.29) is 29.0 Å². The number of rotatable bonds is 7. The molecular formula is C11H15F3N2O2S2. The number of alkyl halides is 3. The molecule has 0 amide bonds. The Bertz CT molecular complexity index is 515. The topological polar surface area (TPSA) is 72.2 Å². The van der Waals surface area contributed by atoms with Gasteiger partial charge in [-0.05, 0) is 42.4 Å². The molecule has 1 aromatic carbocycles. The van der Waals surface area contributed by atoms with Crippen LogP contribution in [0.4, 0.5) is 13.2 Å². The fourth-order valence-electron chi connectivity index (χ4n) is 1.43. The van der Waals surface area contributed by atoms with Crippen molar-refractivity contribution in [2.24, 2.45) is 5.73 Å². The zero-order valence-corrected chi connectivity index (χ0v) is 12.1. The second kappa shape index (κ2) is 7.30. The van der Waals surface area contributed by atoms with Crippen LogP contribution >= 0.6 is 11.8 Å². The first-order valence-corrected chi connectivity index (χ1v) is 8.21. The quantitative estimate of drug-likeness (QED) is 0.748. The lowest BCUT2D eigenvalue weighted by molar-refractivity contribution is -0.0327. The smallest absolute Gasteiger partial charge is 0.330 e. The maximum atomic E-state index is 11.9. The number of benzene rings is 1. The molecule has 0 saturated heterocycles. The molecule has 0 saturated carbocycles. The monoisotopic (exact) mass is 328 g/mol. The highest BCUT2D eigenvalue weighted by Crippen LogP contribution is 2.29. The molecule has 0 heterocycles. The van der Waals surface area contributed by atoms with E-state index in [9.17, 15) is 21.6 Å². The fraction of sp³-hybridized carbons (Fsp3) is 0.455. The molecule has 0 atom stereocenters. The van der Waals surface area contributed by atoms with Gasteiger partial charge in [0, 0.05) is 12.3 Å². The van der Waals surface area contributed by atoms with Gasteiger partial charge in [-0.25, -0.2) is 13.1 Å². The van der Waals surface area contributed by atoms with E-state index in [0.29, 0.717) is 13.0 Å². The minimum atomic E-state index is -4.35. The van der Waals surface area contributed by atoms with Crippen molar-refractivity contribution in [2.75, 3.05) is 18.8 Å². The van der Waals surface area contributed by atoms with Crippen molar-refractivity contribution in [2.45, 2.75) is 16.8 Å². The third-order valence-electron chi connectivity index (χ3n) is 2.33. The molecule has 0 radical (unpaired) electrons. The van der Waals surface area contributed by atoms with Gasteiger partial charge >= 0.3 is 5.51 Å². The molecule has 0 aliphatic rings. The standard InChI is InChI=1S/C11H15F3N2O2S2/c12-11(13,14)19-8-7-16-20(17,18)10-3-1-9(2-4-10)5-6-15/h1-4,16H,5-8,15H2. The first kappa shape index (κ1) is 17.3. The zero-order valence-electron chi connectivity index (χ0n) is 10.5. The normalized spacial score (nSPS) is 12.6. The molecule has 114 valence electrons. The van der Waals surface area contributed by atoms with Gasteiger partial charge in [0.05, 0.1) is 4.90 Å². The number of thioether (sulfide) groups is 1. The number of nitrogens with two attached hydrogens (primary N) is 1. The van der Waals surface area contributed by atoms with Crippen LogP contribution in [0.15, 0.2) is 29.2 Å². The number of hydrogen-bond donors (Lipinski definition) is 2. The maximum Gasteiger partial charge on any atom is 0.441 e. The van der Waals surface area contributed by atoms with Crippen molar-refractivity contribution >= 4 is 21.8 Å². The number of nitrogens with one attached hydrogen (secondary N) is 1. The Kier molecular flexibility index (Phi) is 6.31. The zero-order chi connectivity index (χ0) is 15.2. The van der Waals surface area contributed by atoms with E-state index < -0.39 is 15.5 Å². The molecule has 0 unspecified atom stereocenters. The van der Waals surface area contributed by atoms with Crippen LogP contribution < -0.4 is 10.5 Å². The Morgan fingerprint density at radius 2 is 1.80 bits per heavy atom. The highest BCUT2D eigenvalue weighted by atomic mass is 32.2. The van der Waals surface area contributed by atoms with E-state index in [4.69, 9.17) is 5.73 Å². The first-order valence-electron chi connectivity index (χ1n) is 5.74. The van der Waals surface area contributed by atoms with Crippen molar-refractivity contribution in [3.8, 4) is 0 Å². The van der Waals surface area contributed by atoms with Crippen LogP contribution in [0.5, 0.6) is 0 Å². The summed E-state index contributed by atoms with van der Waals surface area (Å²) in [5, 5.41) is 0. The van der Waals surface area contributed by atoms with Crippen LogP contribution in [-0.2, 0) is 16.4 Å². The average molecular weight is 328 g/mol. The van der Waals surface area contributed by atoms with E-state index in [2.05, 4.69) is 4.72 Å². The van der Waals surface area contributed by atoms with E-state index in [0.717, 1.165) is 5.56 Å². The van der Waals surface area contributed by atoms with Crippen molar-refractivity contribution in [3.63, 3.8) is 0 Å². The molecule has 3 N–H and O–H groups in total. The second-order valence-corrected chi connectivity index (χ2v) is 6.80. The summed E-state index contributed by atoms with van der Waals surface area (Å²) in [6.07, 6.45) is 0.635. The Labute approximate surface area is 120 Å². The third-order valence-corrected chi connectivity index (χ3v) is 4.54. The summed E-state index contributed by atoms with van der Waals surface area (Å²) in [6, 6.07) is 6.08. The van der Waals surface area contributed by atoms with Gasteiger partial charge in [-0.15, -0.1) is 0 Å². The van der Waals surface area contributed by atoms with Crippen molar-refractivity contribution < 1.29 is 21.6 Å². The van der Waals surface area contributed by atoms with Gasteiger partial charge < -0.3 is 5.73 Å². The van der Waals surface area contributed by atoms with Crippen molar-refractivity contribution in [1.29, 1.82) is 0 Å². The first-order chi connectivity index (χ1) is 9.24. The molecule has 0 aliphatic carbocycles. The predicted molar refractivity (Wildman–Crippen MR) is 72.9 cm³/mol. The van der Waals surface area contributed by atoms with Crippen molar-refractivity contribution in [3.05, 3.63) is 29.8 Å². The van der Waals surface area contributed by atoms with Gasteiger partial charge in [0.25, 0.3) is 0 Å². The summed E-state index contributed by atoms with van der Waals surface area (Å²) in [5.41, 5.74) is 1.93. The van der Waals surface area contributed by atoms with Gasteiger partial charge in [0.2, 0.25) is 10.0 Å². The molecule has 1 rings (SSSR count). The minimum Gasteiger partial charge on any atom is -0.330 e. The Morgan fingerprint density at radius 3 is 2.30 bits per heavy atom.